The van der Waals surface area contributed by atoms with Crippen LogP contribution >= 0.6 is 0 Å². The zero-order valence-electron chi connectivity index (χ0n) is 15.8. The molecule has 0 aliphatic carbocycles. The largest absolute Gasteiger partial charge is 0.379 e. The van der Waals surface area contributed by atoms with Crippen molar-refractivity contribution in [2.75, 3.05) is 45.9 Å². The van der Waals surface area contributed by atoms with Crippen molar-refractivity contribution in [3.63, 3.8) is 0 Å². The van der Waals surface area contributed by atoms with Crippen molar-refractivity contribution in [1.82, 2.24) is 10.2 Å². The lowest BCUT2D eigenvalue weighted by atomic mass is 10.0. The van der Waals surface area contributed by atoms with Gasteiger partial charge in [-0.3, -0.25) is 9.89 Å². The highest BCUT2D eigenvalue weighted by Crippen LogP contribution is 2.15. The topological polar surface area (TPSA) is 62.9 Å². The number of ether oxygens (including phenoxy) is 1. The lowest BCUT2D eigenvalue weighted by molar-refractivity contribution is 0.0376. The van der Waals surface area contributed by atoms with Gasteiger partial charge in [-0.15, -0.1) is 0 Å². The Bertz CT molecular complexity index is 507. The molecule has 1 fully saturated rings. The van der Waals surface area contributed by atoms with E-state index in [9.17, 15) is 0 Å². The van der Waals surface area contributed by atoms with Crippen LogP contribution in [0.2, 0.25) is 0 Å². The van der Waals surface area contributed by atoms with Crippen LogP contribution in [0.5, 0.6) is 0 Å². The molecular weight excluding hydrogens is 312 g/mol. The smallest absolute Gasteiger partial charge is 0.188 e. The van der Waals surface area contributed by atoms with Crippen LogP contribution in [0.4, 0.5) is 0 Å². The average Bonchev–Trinajstić information content (AvgIpc) is 2.63. The van der Waals surface area contributed by atoms with E-state index >= 15 is 0 Å². The molecule has 0 saturated carbocycles. The maximum Gasteiger partial charge on any atom is 0.188 e. The fraction of sp³-hybridized carbons (Fsp3) is 0.650. The predicted octanol–water partition coefficient (Wildman–Crippen LogP) is 2.37. The third kappa shape index (κ3) is 7.88. The second kappa shape index (κ2) is 11.1. The van der Waals surface area contributed by atoms with Crippen molar-refractivity contribution in [3.8, 4) is 0 Å². The summed E-state index contributed by atoms with van der Waals surface area (Å²) in [5.41, 5.74) is 8.70. The van der Waals surface area contributed by atoms with Crippen LogP contribution in [0, 0.1) is 0 Å². The monoisotopic (exact) mass is 346 g/mol. The summed E-state index contributed by atoms with van der Waals surface area (Å²) < 4.78 is 5.35. The summed E-state index contributed by atoms with van der Waals surface area (Å²) in [5.74, 6) is 1.16. The Morgan fingerprint density at radius 1 is 1.20 bits per heavy atom. The highest BCUT2D eigenvalue weighted by Gasteiger charge is 2.08. The van der Waals surface area contributed by atoms with Gasteiger partial charge in [-0.1, -0.05) is 38.1 Å². The van der Waals surface area contributed by atoms with Crippen LogP contribution in [0.15, 0.2) is 29.3 Å². The van der Waals surface area contributed by atoms with E-state index in [0.29, 0.717) is 11.9 Å². The summed E-state index contributed by atoms with van der Waals surface area (Å²) in [6.45, 7) is 11.0. The number of rotatable bonds is 9. The van der Waals surface area contributed by atoms with Crippen LogP contribution in [0.1, 0.15) is 43.7 Å². The van der Waals surface area contributed by atoms with E-state index in [2.05, 4.69) is 53.3 Å². The van der Waals surface area contributed by atoms with E-state index in [1.54, 1.807) is 0 Å². The molecule has 2 rings (SSSR count). The summed E-state index contributed by atoms with van der Waals surface area (Å²) in [6, 6.07) is 8.92. The van der Waals surface area contributed by atoms with E-state index < -0.39 is 0 Å². The molecule has 1 saturated heterocycles. The number of nitrogens with zero attached hydrogens (tertiary/aromatic N) is 2. The lowest BCUT2D eigenvalue weighted by Gasteiger charge is -2.26. The molecule has 5 nitrogen and oxygen atoms in total. The number of nitrogens with one attached hydrogen (secondary N) is 1. The number of morpholine rings is 1. The highest BCUT2D eigenvalue weighted by atomic mass is 16.5. The van der Waals surface area contributed by atoms with E-state index in [0.717, 1.165) is 65.2 Å². The summed E-state index contributed by atoms with van der Waals surface area (Å²) >= 11 is 0. The summed E-state index contributed by atoms with van der Waals surface area (Å²) in [6.07, 6.45) is 3.15. The van der Waals surface area contributed by atoms with Crippen LogP contribution in [-0.4, -0.2) is 56.8 Å². The molecule has 25 heavy (non-hydrogen) atoms. The first-order valence-electron chi connectivity index (χ1n) is 9.58. The molecule has 0 radical (unpaired) electrons. The average molecular weight is 347 g/mol. The van der Waals surface area contributed by atoms with Crippen molar-refractivity contribution in [2.24, 2.45) is 10.7 Å². The molecule has 0 unspecified atom stereocenters. The van der Waals surface area contributed by atoms with Gasteiger partial charge < -0.3 is 15.8 Å². The SMILES string of the molecule is CC(C)c1ccc(CCCN=C(N)NCCCN2CCOCC2)cc1. The summed E-state index contributed by atoms with van der Waals surface area (Å²) in [4.78, 5) is 6.85. The molecule has 0 spiro atoms. The Hall–Kier alpha value is -1.59. The van der Waals surface area contributed by atoms with Gasteiger partial charge in [-0.05, 0) is 42.9 Å². The molecule has 1 aliphatic rings. The van der Waals surface area contributed by atoms with Gasteiger partial charge in [0.1, 0.15) is 0 Å². The van der Waals surface area contributed by atoms with E-state index in [-0.39, 0.29) is 0 Å². The summed E-state index contributed by atoms with van der Waals surface area (Å²) in [7, 11) is 0. The van der Waals surface area contributed by atoms with E-state index in [4.69, 9.17) is 10.5 Å². The Labute approximate surface area is 152 Å². The normalized spacial score (nSPS) is 16.4. The van der Waals surface area contributed by atoms with Gasteiger partial charge in [-0.25, -0.2) is 0 Å². The standard InChI is InChI=1S/C20H34N4O/c1-17(2)19-8-6-18(7-9-19)5-3-10-22-20(21)23-11-4-12-24-13-15-25-16-14-24/h6-9,17H,3-5,10-16H2,1-2H3,(H3,21,22,23). The first kappa shape index (κ1) is 19.7. The number of aryl methyl sites for hydroxylation is 1. The van der Waals surface area contributed by atoms with Crippen LogP contribution in [0.25, 0.3) is 0 Å². The summed E-state index contributed by atoms with van der Waals surface area (Å²) in [5, 5.41) is 3.21. The number of guanidine groups is 1. The zero-order chi connectivity index (χ0) is 17.9. The fourth-order valence-corrected chi connectivity index (χ4v) is 2.95. The highest BCUT2D eigenvalue weighted by molar-refractivity contribution is 5.77. The van der Waals surface area contributed by atoms with Crippen LogP contribution in [-0.2, 0) is 11.2 Å². The molecule has 140 valence electrons. The van der Waals surface area contributed by atoms with Crippen molar-refractivity contribution in [3.05, 3.63) is 35.4 Å². The minimum absolute atomic E-state index is 0.567. The predicted molar refractivity (Wildman–Crippen MR) is 105 cm³/mol. The number of hydrogen-bond acceptors (Lipinski definition) is 3. The van der Waals surface area contributed by atoms with Gasteiger partial charge in [0.15, 0.2) is 5.96 Å². The molecule has 0 amide bonds. The molecule has 0 aromatic heterocycles. The molecule has 1 aromatic rings. The molecule has 1 aliphatic heterocycles. The molecule has 0 bridgehead atoms. The zero-order valence-corrected chi connectivity index (χ0v) is 15.8. The van der Waals surface area contributed by atoms with Gasteiger partial charge in [0, 0.05) is 26.2 Å². The van der Waals surface area contributed by atoms with E-state index in [1.807, 2.05) is 0 Å². The molecular formula is C20H34N4O. The second-order valence-electron chi connectivity index (χ2n) is 7.00. The van der Waals surface area contributed by atoms with Crippen LogP contribution < -0.4 is 11.1 Å². The third-order valence-electron chi connectivity index (χ3n) is 4.61. The second-order valence-corrected chi connectivity index (χ2v) is 7.00. The maximum absolute atomic E-state index is 5.93. The van der Waals surface area contributed by atoms with E-state index in [1.165, 1.54) is 11.1 Å². The van der Waals surface area contributed by atoms with Crippen molar-refractivity contribution >= 4 is 5.96 Å². The maximum atomic E-state index is 5.93. The Balaban J connectivity index is 1.54. The number of hydrogen-bond donors (Lipinski definition) is 2. The quantitative estimate of drug-likeness (QED) is 0.409. The van der Waals surface area contributed by atoms with Crippen molar-refractivity contribution < 1.29 is 4.74 Å². The van der Waals surface area contributed by atoms with Crippen molar-refractivity contribution in [2.45, 2.75) is 39.0 Å². The molecule has 3 N–H and O–H groups in total. The minimum atomic E-state index is 0.567. The Morgan fingerprint density at radius 3 is 2.60 bits per heavy atom. The van der Waals surface area contributed by atoms with Crippen molar-refractivity contribution in [1.29, 1.82) is 0 Å². The van der Waals surface area contributed by atoms with Gasteiger partial charge in [0.25, 0.3) is 0 Å². The van der Waals surface area contributed by atoms with Gasteiger partial charge in [0.05, 0.1) is 13.2 Å². The van der Waals surface area contributed by atoms with Gasteiger partial charge in [0.2, 0.25) is 0 Å². The molecule has 1 heterocycles. The number of nitrogens with two attached hydrogens (primary N) is 1. The fourth-order valence-electron chi connectivity index (χ4n) is 2.95. The number of benzene rings is 1. The first-order valence-corrected chi connectivity index (χ1v) is 9.58. The molecule has 5 heteroatoms. The molecule has 0 atom stereocenters. The van der Waals surface area contributed by atoms with Gasteiger partial charge in [-0.2, -0.15) is 0 Å². The first-order chi connectivity index (χ1) is 12.1. The lowest BCUT2D eigenvalue weighted by Crippen LogP contribution is -2.39. The number of aliphatic imine (C=N–C) groups is 1. The van der Waals surface area contributed by atoms with Crippen LogP contribution in [0.3, 0.4) is 0 Å². The van der Waals surface area contributed by atoms with Gasteiger partial charge >= 0.3 is 0 Å². The minimum Gasteiger partial charge on any atom is -0.379 e. The third-order valence-corrected chi connectivity index (χ3v) is 4.61. The Morgan fingerprint density at radius 2 is 1.92 bits per heavy atom. The molecule has 1 aromatic carbocycles. The Kier molecular flexibility index (Phi) is 8.77.